The molecule has 3 unspecified atom stereocenters. The van der Waals surface area contributed by atoms with Crippen LogP contribution in [0.3, 0.4) is 0 Å². The number of ether oxygens (including phenoxy) is 1. The molecular weight excluding hydrogens is 384 g/mol. The lowest BCUT2D eigenvalue weighted by Gasteiger charge is -2.29. The Balaban J connectivity index is 1.55. The number of carbonyl (C=O) groups excluding carboxylic acids is 1. The first kappa shape index (κ1) is 20.3. The molecule has 1 heterocycles. The van der Waals surface area contributed by atoms with E-state index in [1.54, 1.807) is 7.11 Å². The van der Waals surface area contributed by atoms with Crippen LogP contribution < -0.4 is 4.72 Å². The van der Waals surface area contributed by atoms with E-state index in [1.165, 1.54) is 16.7 Å². The van der Waals surface area contributed by atoms with E-state index in [2.05, 4.69) is 41.1 Å². The minimum Gasteiger partial charge on any atom is -0.370 e. The molecule has 4 rings (SSSR count). The lowest BCUT2D eigenvalue weighted by atomic mass is 9.97. The minimum atomic E-state index is -1.26. The van der Waals surface area contributed by atoms with Crippen molar-refractivity contribution < 1.29 is 13.7 Å². The second-order valence-electron chi connectivity index (χ2n) is 7.91. The van der Waals surface area contributed by atoms with Gasteiger partial charge in [-0.1, -0.05) is 54.6 Å². The Labute approximate surface area is 175 Å². The highest BCUT2D eigenvalue weighted by Gasteiger charge is 2.42. The summed E-state index contributed by atoms with van der Waals surface area (Å²) in [5, 5.41) is 0. The van der Waals surface area contributed by atoms with Crippen LogP contribution in [0.1, 0.15) is 24.8 Å². The molecule has 0 radical (unpaired) electrons. The Hall–Kier alpha value is -2.02. The smallest absolute Gasteiger partial charge is 0.225 e. The molecule has 1 saturated carbocycles. The van der Waals surface area contributed by atoms with Crippen LogP contribution in [-0.2, 0) is 26.9 Å². The van der Waals surface area contributed by atoms with Gasteiger partial charge in [0, 0.05) is 25.6 Å². The van der Waals surface area contributed by atoms with E-state index in [0.717, 1.165) is 32.2 Å². The van der Waals surface area contributed by atoms with Gasteiger partial charge in [-0.3, -0.25) is 4.79 Å². The molecule has 29 heavy (non-hydrogen) atoms. The van der Waals surface area contributed by atoms with Crippen LogP contribution in [0.4, 0.5) is 0 Å². The number of carbonyl (C=O) groups is 1. The Morgan fingerprint density at radius 3 is 2.59 bits per heavy atom. The molecule has 0 spiro atoms. The van der Waals surface area contributed by atoms with Crippen LogP contribution in [0.25, 0.3) is 11.1 Å². The van der Waals surface area contributed by atoms with Crippen molar-refractivity contribution in [1.82, 2.24) is 9.62 Å². The highest BCUT2D eigenvalue weighted by molar-refractivity contribution is 7.82. The first-order valence-corrected chi connectivity index (χ1v) is 11.6. The maximum atomic E-state index is 12.9. The van der Waals surface area contributed by atoms with Crippen LogP contribution in [0.15, 0.2) is 54.6 Å². The molecule has 154 valence electrons. The second kappa shape index (κ2) is 9.20. The summed E-state index contributed by atoms with van der Waals surface area (Å²) in [5.41, 5.74) is 3.55. The molecular formula is C23H28N2O3S. The van der Waals surface area contributed by atoms with Crippen LogP contribution in [0.2, 0.25) is 0 Å². The summed E-state index contributed by atoms with van der Waals surface area (Å²) in [4.78, 5) is 14.9. The highest BCUT2D eigenvalue weighted by atomic mass is 32.2. The Kier molecular flexibility index (Phi) is 6.43. The Morgan fingerprint density at radius 1 is 1.10 bits per heavy atom. The van der Waals surface area contributed by atoms with Crippen LogP contribution in [-0.4, -0.2) is 46.7 Å². The normalized spacial score (nSPS) is 22.6. The van der Waals surface area contributed by atoms with E-state index in [1.807, 2.05) is 23.1 Å². The number of rotatable bonds is 8. The summed E-state index contributed by atoms with van der Waals surface area (Å²) < 4.78 is 20.4. The van der Waals surface area contributed by atoms with Crippen molar-refractivity contribution in [2.45, 2.75) is 37.8 Å². The molecule has 0 bridgehead atoms. The van der Waals surface area contributed by atoms with Crippen LogP contribution >= 0.6 is 0 Å². The summed E-state index contributed by atoms with van der Waals surface area (Å²) in [5.74, 6) is 0.607. The van der Waals surface area contributed by atoms with Gasteiger partial charge in [-0.05, 0) is 42.4 Å². The SMILES string of the molecule is COCS(=O)NC1CCN(C(=O)C2CC2)C1Cc1cccc(-c2ccccc2)c1. The topological polar surface area (TPSA) is 58.6 Å². The molecule has 2 aromatic carbocycles. The summed E-state index contributed by atoms with van der Waals surface area (Å²) in [7, 11) is 0.289. The molecule has 2 aromatic rings. The predicted molar refractivity (Wildman–Crippen MR) is 115 cm³/mol. The molecule has 1 aliphatic heterocycles. The zero-order valence-electron chi connectivity index (χ0n) is 16.8. The van der Waals surface area contributed by atoms with Gasteiger partial charge in [-0.2, -0.15) is 0 Å². The summed E-state index contributed by atoms with van der Waals surface area (Å²) in [6, 6.07) is 18.8. The van der Waals surface area contributed by atoms with Gasteiger partial charge in [0.25, 0.3) is 0 Å². The number of nitrogens with zero attached hydrogens (tertiary/aromatic N) is 1. The van der Waals surface area contributed by atoms with Crippen LogP contribution in [0, 0.1) is 5.92 Å². The van der Waals surface area contributed by atoms with Gasteiger partial charge in [0.1, 0.15) is 16.9 Å². The van der Waals surface area contributed by atoms with Crippen molar-refractivity contribution in [1.29, 1.82) is 0 Å². The molecule has 0 aromatic heterocycles. The van der Waals surface area contributed by atoms with E-state index in [0.29, 0.717) is 0 Å². The lowest BCUT2D eigenvalue weighted by molar-refractivity contribution is -0.133. The van der Waals surface area contributed by atoms with E-state index in [-0.39, 0.29) is 29.8 Å². The Bertz CT molecular complexity index is 869. The van der Waals surface area contributed by atoms with Gasteiger partial charge < -0.3 is 9.64 Å². The summed E-state index contributed by atoms with van der Waals surface area (Å²) in [6.07, 6.45) is 3.57. The zero-order valence-corrected chi connectivity index (χ0v) is 17.6. The fourth-order valence-corrected chi connectivity index (χ4v) is 5.04. The van der Waals surface area contributed by atoms with E-state index >= 15 is 0 Å². The third-order valence-corrected chi connectivity index (χ3v) is 6.76. The average molecular weight is 413 g/mol. The number of benzene rings is 2. The molecule has 3 atom stereocenters. The molecule has 1 saturated heterocycles. The molecule has 1 aliphatic carbocycles. The minimum absolute atomic E-state index is 0.00839. The van der Waals surface area contributed by atoms with Crippen LogP contribution in [0.5, 0.6) is 0 Å². The van der Waals surface area contributed by atoms with Gasteiger partial charge in [-0.15, -0.1) is 0 Å². The lowest BCUT2D eigenvalue weighted by Crippen LogP contribution is -2.47. The number of hydrogen-bond donors (Lipinski definition) is 1. The fourth-order valence-electron chi connectivity index (χ4n) is 4.14. The standard InChI is InChI=1S/C23H28N2O3S/c1-28-16-29(27)24-21-12-13-25(23(26)19-10-11-19)22(21)15-17-6-5-9-20(14-17)18-7-3-2-4-8-18/h2-9,14,19,21-22,24H,10-13,15-16H2,1H3. The first-order valence-electron chi connectivity index (χ1n) is 10.2. The van der Waals surface area contributed by atoms with Crippen molar-refractivity contribution in [3.63, 3.8) is 0 Å². The fraction of sp³-hybridized carbons (Fsp3) is 0.435. The summed E-state index contributed by atoms with van der Waals surface area (Å²) >= 11 is 0. The van der Waals surface area contributed by atoms with Gasteiger partial charge in [-0.25, -0.2) is 8.93 Å². The maximum Gasteiger partial charge on any atom is 0.225 e. The second-order valence-corrected chi connectivity index (χ2v) is 9.07. The van der Waals surface area contributed by atoms with Crippen molar-refractivity contribution in [2.24, 2.45) is 5.92 Å². The van der Waals surface area contributed by atoms with Gasteiger partial charge in [0.15, 0.2) is 0 Å². The molecule has 2 fully saturated rings. The van der Waals surface area contributed by atoms with Crippen molar-refractivity contribution >= 4 is 16.9 Å². The molecule has 5 nitrogen and oxygen atoms in total. The Morgan fingerprint density at radius 2 is 1.86 bits per heavy atom. The monoisotopic (exact) mass is 412 g/mol. The van der Waals surface area contributed by atoms with Crippen molar-refractivity contribution in [2.75, 3.05) is 19.6 Å². The molecule has 2 aliphatic rings. The highest BCUT2D eigenvalue weighted by Crippen LogP contribution is 2.35. The van der Waals surface area contributed by atoms with E-state index in [4.69, 9.17) is 4.74 Å². The maximum absolute atomic E-state index is 12.9. The van der Waals surface area contributed by atoms with Crippen molar-refractivity contribution in [3.8, 4) is 11.1 Å². The summed E-state index contributed by atoms with van der Waals surface area (Å²) in [6.45, 7) is 0.722. The third-order valence-electron chi connectivity index (χ3n) is 5.74. The number of hydrogen-bond acceptors (Lipinski definition) is 3. The first-order chi connectivity index (χ1) is 14.2. The molecule has 1 amide bonds. The van der Waals surface area contributed by atoms with Gasteiger partial charge >= 0.3 is 0 Å². The number of nitrogens with one attached hydrogen (secondary N) is 1. The average Bonchev–Trinajstić information content (AvgIpc) is 3.52. The quantitative estimate of drug-likeness (QED) is 0.725. The van der Waals surface area contributed by atoms with E-state index in [9.17, 15) is 9.00 Å². The van der Waals surface area contributed by atoms with Gasteiger partial charge in [0.2, 0.25) is 5.91 Å². The number of methoxy groups -OCH3 is 1. The largest absolute Gasteiger partial charge is 0.370 e. The molecule has 6 heteroatoms. The zero-order chi connectivity index (χ0) is 20.2. The van der Waals surface area contributed by atoms with Crippen molar-refractivity contribution in [3.05, 3.63) is 60.2 Å². The van der Waals surface area contributed by atoms with Gasteiger partial charge in [0.05, 0.1) is 6.04 Å². The predicted octanol–water partition coefficient (Wildman–Crippen LogP) is 3.13. The molecule has 1 N–H and O–H groups in total. The third kappa shape index (κ3) is 4.94. The number of likely N-dealkylation sites (tertiary alicyclic amines) is 1. The number of amides is 1. The van der Waals surface area contributed by atoms with E-state index < -0.39 is 11.0 Å².